The molecule has 2 aromatic carbocycles. The van der Waals surface area contributed by atoms with Crippen LogP contribution in [0.25, 0.3) is 0 Å². The Balaban J connectivity index is 2.06. The first-order chi connectivity index (χ1) is 10.6. The van der Waals surface area contributed by atoms with Gasteiger partial charge in [0.05, 0.1) is 12.2 Å². The topological polar surface area (TPSA) is 40.5 Å². The third-order valence-corrected chi connectivity index (χ3v) is 4.41. The average Bonchev–Trinajstić information content (AvgIpc) is 2.71. The third kappa shape index (κ3) is 2.38. The Morgan fingerprint density at radius 3 is 2.64 bits per heavy atom. The monoisotopic (exact) mass is 357 g/mol. The number of carbonyl (C=O) groups excluding carboxylic acids is 1. The lowest BCUT2D eigenvalue weighted by molar-refractivity contribution is -0.135. The van der Waals surface area contributed by atoms with E-state index in [0.717, 1.165) is 15.7 Å². The lowest BCUT2D eigenvalue weighted by Gasteiger charge is -2.22. The second-order valence-corrected chi connectivity index (χ2v) is 6.31. The number of benzene rings is 2. The molecule has 0 unspecified atom stereocenters. The van der Waals surface area contributed by atoms with Crippen molar-refractivity contribution < 1.29 is 9.90 Å². The normalized spacial score (nSPS) is 20.1. The van der Waals surface area contributed by atoms with Crippen LogP contribution in [-0.4, -0.2) is 11.0 Å². The molecule has 4 heteroatoms. The molecule has 0 radical (unpaired) electrons. The number of nitrogens with zero attached hydrogens (tertiary/aromatic N) is 1. The second-order valence-electron chi connectivity index (χ2n) is 5.39. The SMILES string of the molecule is C=CC[C@@]1(O)C(=O)N(Cc2ccccc2)c2ccc(Br)cc21. The maximum atomic E-state index is 12.8. The van der Waals surface area contributed by atoms with E-state index < -0.39 is 5.60 Å². The van der Waals surface area contributed by atoms with Crippen molar-refractivity contribution in [2.75, 3.05) is 4.90 Å². The van der Waals surface area contributed by atoms with E-state index in [1.165, 1.54) is 0 Å². The van der Waals surface area contributed by atoms with Gasteiger partial charge in [0.15, 0.2) is 5.60 Å². The molecule has 1 aliphatic rings. The van der Waals surface area contributed by atoms with E-state index in [4.69, 9.17) is 0 Å². The van der Waals surface area contributed by atoms with Gasteiger partial charge in [-0.15, -0.1) is 6.58 Å². The summed E-state index contributed by atoms with van der Waals surface area (Å²) in [4.78, 5) is 14.4. The molecule has 1 amide bonds. The molecule has 0 spiro atoms. The van der Waals surface area contributed by atoms with Crippen molar-refractivity contribution in [3.63, 3.8) is 0 Å². The van der Waals surface area contributed by atoms with E-state index in [2.05, 4.69) is 22.5 Å². The zero-order valence-electron chi connectivity index (χ0n) is 12.0. The van der Waals surface area contributed by atoms with Gasteiger partial charge in [-0.25, -0.2) is 0 Å². The van der Waals surface area contributed by atoms with Crippen LogP contribution >= 0.6 is 15.9 Å². The Morgan fingerprint density at radius 1 is 1.23 bits per heavy atom. The largest absolute Gasteiger partial charge is 0.375 e. The van der Waals surface area contributed by atoms with Crippen molar-refractivity contribution in [2.45, 2.75) is 18.6 Å². The number of aliphatic hydroxyl groups is 1. The van der Waals surface area contributed by atoms with Crippen LogP contribution in [-0.2, 0) is 16.9 Å². The molecular formula is C18H16BrNO2. The number of fused-ring (bicyclic) bond motifs is 1. The number of hydrogen-bond acceptors (Lipinski definition) is 2. The van der Waals surface area contributed by atoms with Gasteiger partial charge in [0, 0.05) is 16.5 Å². The van der Waals surface area contributed by atoms with E-state index in [9.17, 15) is 9.90 Å². The van der Waals surface area contributed by atoms with Crippen LogP contribution in [0.1, 0.15) is 17.5 Å². The van der Waals surface area contributed by atoms with Gasteiger partial charge in [0.1, 0.15) is 0 Å². The van der Waals surface area contributed by atoms with E-state index in [0.29, 0.717) is 12.1 Å². The summed E-state index contributed by atoms with van der Waals surface area (Å²) in [5.41, 5.74) is 0.868. The molecule has 0 aromatic heterocycles. The molecule has 112 valence electrons. The minimum atomic E-state index is -1.53. The highest BCUT2D eigenvalue weighted by molar-refractivity contribution is 9.10. The highest BCUT2D eigenvalue weighted by Gasteiger charge is 2.48. The zero-order valence-corrected chi connectivity index (χ0v) is 13.6. The number of halogens is 1. The third-order valence-electron chi connectivity index (χ3n) is 3.92. The summed E-state index contributed by atoms with van der Waals surface area (Å²) in [5, 5.41) is 10.9. The molecule has 0 bridgehead atoms. The van der Waals surface area contributed by atoms with E-state index >= 15 is 0 Å². The molecule has 3 rings (SSSR count). The highest BCUT2D eigenvalue weighted by atomic mass is 79.9. The van der Waals surface area contributed by atoms with Gasteiger partial charge in [0.25, 0.3) is 5.91 Å². The lowest BCUT2D eigenvalue weighted by atomic mass is 9.92. The van der Waals surface area contributed by atoms with Crippen molar-refractivity contribution in [1.29, 1.82) is 0 Å². The van der Waals surface area contributed by atoms with Crippen molar-refractivity contribution in [1.82, 2.24) is 0 Å². The van der Waals surface area contributed by atoms with Crippen LogP contribution in [0.3, 0.4) is 0 Å². The molecule has 0 saturated carbocycles. The summed E-state index contributed by atoms with van der Waals surface area (Å²) in [6.45, 7) is 4.10. The molecule has 3 nitrogen and oxygen atoms in total. The molecule has 0 saturated heterocycles. The van der Waals surface area contributed by atoms with Gasteiger partial charge in [-0.2, -0.15) is 0 Å². The predicted molar refractivity (Wildman–Crippen MR) is 90.5 cm³/mol. The Bertz CT molecular complexity index is 729. The Kier molecular flexibility index (Phi) is 3.89. The molecule has 0 fully saturated rings. The highest BCUT2D eigenvalue weighted by Crippen LogP contribution is 2.44. The smallest absolute Gasteiger partial charge is 0.264 e. The standard InChI is InChI=1S/C18H16BrNO2/c1-2-10-18(22)15-11-14(19)8-9-16(15)20(17(18)21)12-13-6-4-3-5-7-13/h2-9,11,22H,1,10,12H2/t18-/m0/s1. The van der Waals surface area contributed by atoms with Gasteiger partial charge < -0.3 is 10.0 Å². The van der Waals surface area contributed by atoms with Crippen LogP contribution in [0.15, 0.2) is 65.7 Å². The van der Waals surface area contributed by atoms with Crippen LogP contribution in [0, 0.1) is 0 Å². The number of rotatable bonds is 4. The van der Waals surface area contributed by atoms with Crippen molar-refractivity contribution in [2.24, 2.45) is 0 Å². The van der Waals surface area contributed by atoms with Gasteiger partial charge in [-0.3, -0.25) is 4.79 Å². The Morgan fingerprint density at radius 2 is 1.95 bits per heavy atom. The van der Waals surface area contributed by atoms with Gasteiger partial charge in [0.2, 0.25) is 0 Å². The molecule has 22 heavy (non-hydrogen) atoms. The van der Waals surface area contributed by atoms with Gasteiger partial charge in [-0.1, -0.05) is 52.3 Å². The van der Waals surface area contributed by atoms with E-state index in [1.807, 2.05) is 48.5 Å². The van der Waals surface area contributed by atoms with E-state index in [-0.39, 0.29) is 12.3 Å². The van der Waals surface area contributed by atoms with Crippen LogP contribution in [0.4, 0.5) is 5.69 Å². The fourth-order valence-electron chi connectivity index (χ4n) is 2.85. The van der Waals surface area contributed by atoms with Crippen molar-refractivity contribution >= 4 is 27.5 Å². The Hall–Kier alpha value is -1.91. The van der Waals surface area contributed by atoms with Crippen LogP contribution in [0.5, 0.6) is 0 Å². The summed E-state index contributed by atoms with van der Waals surface area (Å²) in [6.07, 6.45) is 1.77. The number of anilines is 1. The first kappa shape index (κ1) is 15.0. The molecule has 1 heterocycles. The number of hydrogen-bond donors (Lipinski definition) is 1. The predicted octanol–water partition coefficient (Wildman–Crippen LogP) is 3.76. The minimum absolute atomic E-state index is 0.195. The maximum absolute atomic E-state index is 12.8. The lowest BCUT2D eigenvalue weighted by Crippen LogP contribution is -2.39. The van der Waals surface area contributed by atoms with Crippen LogP contribution < -0.4 is 4.90 Å². The molecule has 0 aliphatic carbocycles. The Labute approximate surface area is 138 Å². The summed E-state index contributed by atoms with van der Waals surface area (Å²) < 4.78 is 0.836. The zero-order chi connectivity index (χ0) is 15.7. The second kappa shape index (κ2) is 5.71. The summed E-state index contributed by atoms with van der Waals surface area (Å²) in [7, 11) is 0. The molecule has 1 N–H and O–H groups in total. The van der Waals surface area contributed by atoms with Crippen molar-refractivity contribution in [3.05, 3.63) is 76.8 Å². The summed E-state index contributed by atoms with van der Waals surface area (Å²) in [5.74, 6) is -0.302. The minimum Gasteiger partial charge on any atom is -0.375 e. The first-order valence-corrected chi connectivity index (χ1v) is 7.85. The summed E-state index contributed by atoms with van der Waals surface area (Å²) >= 11 is 3.41. The molecule has 1 atom stereocenters. The van der Waals surface area contributed by atoms with Crippen molar-refractivity contribution in [3.8, 4) is 0 Å². The van der Waals surface area contributed by atoms with Crippen LogP contribution in [0.2, 0.25) is 0 Å². The average molecular weight is 358 g/mol. The van der Waals surface area contributed by atoms with Gasteiger partial charge in [-0.05, 0) is 23.8 Å². The fourth-order valence-corrected chi connectivity index (χ4v) is 3.21. The summed E-state index contributed by atoms with van der Waals surface area (Å²) in [6, 6.07) is 15.3. The molecule has 1 aliphatic heterocycles. The molecule has 2 aromatic rings. The van der Waals surface area contributed by atoms with Gasteiger partial charge >= 0.3 is 0 Å². The van der Waals surface area contributed by atoms with E-state index in [1.54, 1.807) is 11.0 Å². The maximum Gasteiger partial charge on any atom is 0.264 e. The first-order valence-electron chi connectivity index (χ1n) is 7.05. The quantitative estimate of drug-likeness (QED) is 0.846. The molecular weight excluding hydrogens is 342 g/mol. The number of amides is 1. The number of carbonyl (C=O) groups is 1. The fraction of sp³-hybridized carbons (Fsp3) is 0.167.